The summed E-state index contributed by atoms with van der Waals surface area (Å²) in [6.07, 6.45) is 1.46. The van der Waals surface area contributed by atoms with Gasteiger partial charge in [-0.1, -0.05) is 12.1 Å². The van der Waals surface area contributed by atoms with Gasteiger partial charge in [0.2, 0.25) is 21.8 Å². The Morgan fingerprint density at radius 3 is 2.58 bits per heavy atom. The molecule has 1 atom stereocenters. The van der Waals surface area contributed by atoms with E-state index in [4.69, 9.17) is 4.42 Å². The molecule has 0 spiro atoms. The maximum atomic E-state index is 12.4. The van der Waals surface area contributed by atoms with Gasteiger partial charge in [0.05, 0.1) is 28.6 Å². The number of sulfonamides is 1. The number of hydrogen-bond acceptors (Lipinski definition) is 6. The van der Waals surface area contributed by atoms with Gasteiger partial charge in [0.1, 0.15) is 5.76 Å². The topological polar surface area (TPSA) is 118 Å². The Balaban J connectivity index is 1.34. The summed E-state index contributed by atoms with van der Waals surface area (Å²) >= 11 is 1.35. The van der Waals surface area contributed by atoms with Gasteiger partial charge in [-0.15, -0.1) is 11.8 Å². The third kappa shape index (κ3) is 5.16. The van der Waals surface area contributed by atoms with Crippen LogP contribution in [0.4, 0.5) is 11.4 Å². The van der Waals surface area contributed by atoms with E-state index in [1.54, 1.807) is 12.1 Å². The molecule has 2 amide bonds. The van der Waals surface area contributed by atoms with Crippen molar-refractivity contribution < 1.29 is 22.4 Å². The minimum Gasteiger partial charge on any atom is -0.468 e. The van der Waals surface area contributed by atoms with Gasteiger partial charge >= 0.3 is 0 Å². The quantitative estimate of drug-likeness (QED) is 0.502. The van der Waals surface area contributed by atoms with Crippen LogP contribution in [-0.2, 0) is 26.2 Å². The summed E-state index contributed by atoms with van der Waals surface area (Å²) in [6.45, 7) is 0.0398. The van der Waals surface area contributed by atoms with Crippen LogP contribution in [0.15, 0.2) is 81.1 Å². The van der Waals surface area contributed by atoms with E-state index in [1.807, 2.05) is 24.3 Å². The molecule has 0 saturated heterocycles. The third-order valence-corrected chi connectivity index (χ3v) is 7.23. The van der Waals surface area contributed by atoms with Crippen molar-refractivity contribution in [2.75, 3.05) is 10.6 Å². The molecule has 10 heteroatoms. The zero-order chi connectivity index (χ0) is 21.8. The molecule has 1 aliphatic heterocycles. The highest BCUT2D eigenvalue weighted by atomic mass is 32.2. The van der Waals surface area contributed by atoms with Crippen LogP contribution in [-0.4, -0.2) is 25.5 Å². The molecule has 0 saturated carbocycles. The number of benzene rings is 2. The van der Waals surface area contributed by atoms with Gasteiger partial charge in [-0.05, 0) is 48.5 Å². The van der Waals surface area contributed by atoms with Crippen molar-refractivity contribution in [3.8, 4) is 0 Å². The molecule has 31 heavy (non-hydrogen) atoms. The molecule has 160 valence electrons. The first-order valence-electron chi connectivity index (χ1n) is 9.39. The smallest absolute Gasteiger partial charge is 0.240 e. The molecule has 0 aliphatic carbocycles. The number of carbonyl (C=O) groups excluding carboxylic acids is 2. The largest absolute Gasteiger partial charge is 0.468 e. The van der Waals surface area contributed by atoms with Crippen molar-refractivity contribution in [3.63, 3.8) is 0 Å². The second-order valence-corrected chi connectivity index (χ2v) is 9.78. The number of thioether (sulfide) groups is 1. The molecule has 8 nitrogen and oxygen atoms in total. The molecule has 1 aromatic heterocycles. The van der Waals surface area contributed by atoms with E-state index in [0.717, 1.165) is 10.6 Å². The Bertz CT molecular complexity index is 1190. The summed E-state index contributed by atoms with van der Waals surface area (Å²) in [5.41, 5.74) is 1.18. The highest BCUT2D eigenvalue weighted by Crippen LogP contribution is 2.36. The lowest BCUT2D eigenvalue weighted by Gasteiger charge is -2.23. The van der Waals surface area contributed by atoms with Crippen LogP contribution >= 0.6 is 11.8 Å². The van der Waals surface area contributed by atoms with Gasteiger partial charge in [-0.3, -0.25) is 9.59 Å². The summed E-state index contributed by atoms with van der Waals surface area (Å²) in [7, 11) is -3.72. The molecule has 2 heterocycles. The van der Waals surface area contributed by atoms with Crippen molar-refractivity contribution in [3.05, 3.63) is 72.7 Å². The van der Waals surface area contributed by atoms with Gasteiger partial charge in [0.15, 0.2) is 0 Å². The first kappa shape index (κ1) is 21.2. The normalized spacial score (nSPS) is 15.7. The standard InChI is InChI=1S/C21H19N3O5S2/c25-20(12-19-21(26)24-17-5-1-2-6-18(17)30-19)23-14-7-9-16(10-8-14)31(27,28)22-13-15-4-3-11-29-15/h1-11,19,22H,12-13H2,(H,23,25)(H,24,26). The Kier molecular flexibility index (Phi) is 6.12. The average Bonchev–Trinajstić information content (AvgIpc) is 3.27. The number of amides is 2. The van der Waals surface area contributed by atoms with Crippen LogP contribution < -0.4 is 15.4 Å². The summed E-state index contributed by atoms with van der Waals surface area (Å²) in [5.74, 6) is -0.0544. The fourth-order valence-corrected chi connectivity index (χ4v) is 5.09. The fourth-order valence-electron chi connectivity index (χ4n) is 2.99. The number of nitrogens with one attached hydrogen (secondary N) is 3. The lowest BCUT2D eigenvalue weighted by atomic mass is 10.2. The summed E-state index contributed by atoms with van der Waals surface area (Å²) in [6, 6.07) is 16.6. The maximum absolute atomic E-state index is 12.4. The monoisotopic (exact) mass is 457 g/mol. The molecule has 0 radical (unpaired) electrons. The average molecular weight is 458 g/mol. The van der Waals surface area contributed by atoms with E-state index < -0.39 is 15.3 Å². The molecule has 3 N–H and O–H groups in total. The molecular formula is C21H19N3O5S2. The molecule has 1 unspecified atom stereocenters. The number of rotatable bonds is 7. The number of carbonyl (C=O) groups is 2. The zero-order valence-electron chi connectivity index (χ0n) is 16.2. The molecule has 2 aromatic carbocycles. The molecule has 1 aliphatic rings. The number of para-hydroxylation sites is 1. The van der Waals surface area contributed by atoms with E-state index in [-0.39, 0.29) is 29.7 Å². The van der Waals surface area contributed by atoms with Crippen molar-refractivity contribution >= 4 is 45.0 Å². The van der Waals surface area contributed by atoms with Crippen molar-refractivity contribution in [1.29, 1.82) is 0 Å². The number of furan rings is 1. The van der Waals surface area contributed by atoms with Crippen molar-refractivity contribution in [2.24, 2.45) is 0 Å². The predicted molar refractivity (Wildman–Crippen MR) is 117 cm³/mol. The highest BCUT2D eigenvalue weighted by molar-refractivity contribution is 8.01. The van der Waals surface area contributed by atoms with Gasteiger partial charge < -0.3 is 15.1 Å². The molecular weight excluding hydrogens is 438 g/mol. The van der Waals surface area contributed by atoms with E-state index in [2.05, 4.69) is 15.4 Å². The molecule has 3 aromatic rings. The third-order valence-electron chi connectivity index (χ3n) is 4.54. The molecule has 0 fully saturated rings. The van der Waals surface area contributed by atoms with Gasteiger partial charge in [0, 0.05) is 17.0 Å². The van der Waals surface area contributed by atoms with Gasteiger partial charge in [-0.2, -0.15) is 0 Å². The van der Waals surface area contributed by atoms with Gasteiger partial charge in [-0.25, -0.2) is 13.1 Å². The van der Waals surface area contributed by atoms with E-state index in [0.29, 0.717) is 11.4 Å². The maximum Gasteiger partial charge on any atom is 0.240 e. The van der Waals surface area contributed by atoms with E-state index in [1.165, 1.54) is 42.3 Å². The van der Waals surface area contributed by atoms with Crippen LogP contribution in [0.1, 0.15) is 12.2 Å². The van der Waals surface area contributed by atoms with Gasteiger partial charge in [0.25, 0.3) is 0 Å². The lowest BCUT2D eigenvalue weighted by Crippen LogP contribution is -2.32. The Morgan fingerprint density at radius 2 is 1.84 bits per heavy atom. The minimum absolute atomic E-state index is 0.00438. The first-order valence-corrected chi connectivity index (χ1v) is 11.8. The van der Waals surface area contributed by atoms with Crippen LogP contribution in [0.2, 0.25) is 0 Å². The zero-order valence-corrected chi connectivity index (χ0v) is 17.8. The van der Waals surface area contributed by atoms with Crippen LogP contribution in [0.3, 0.4) is 0 Å². The van der Waals surface area contributed by atoms with Crippen LogP contribution in [0, 0.1) is 0 Å². The summed E-state index contributed by atoms with van der Waals surface area (Å²) in [5, 5.41) is 4.97. The van der Waals surface area contributed by atoms with E-state index in [9.17, 15) is 18.0 Å². The SMILES string of the molecule is O=C(CC1Sc2ccccc2NC1=O)Nc1ccc(S(=O)(=O)NCc2ccco2)cc1. The molecule has 4 rings (SSSR count). The second-order valence-electron chi connectivity index (χ2n) is 6.77. The summed E-state index contributed by atoms with van der Waals surface area (Å²) in [4.78, 5) is 25.6. The number of hydrogen-bond donors (Lipinski definition) is 3. The predicted octanol–water partition coefficient (Wildman–Crippen LogP) is 3.20. The summed E-state index contributed by atoms with van der Waals surface area (Å²) < 4.78 is 32.3. The van der Waals surface area contributed by atoms with Crippen molar-refractivity contribution in [2.45, 2.75) is 28.0 Å². The second kappa shape index (κ2) is 8.96. The molecule has 0 bridgehead atoms. The minimum atomic E-state index is -3.72. The van der Waals surface area contributed by atoms with Crippen LogP contribution in [0.25, 0.3) is 0 Å². The fraction of sp³-hybridized carbons (Fsp3) is 0.143. The Labute approximate surface area is 183 Å². The highest BCUT2D eigenvalue weighted by Gasteiger charge is 2.28. The van der Waals surface area contributed by atoms with Crippen LogP contribution in [0.5, 0.6) is 0 Å². The lowest BCUT2D eigenvalue weighted by molar-refractivity contribution is -0.120. The number of anilines is 2. The Morgan fingerprint density at radius 1 is 1.06 bits per heavy atom. The Hall–Kier alpha value is -3.08. The van der Waals surface area contributed by atoms with E-state index >= 15 is 0 Å². The van der Waals surface area contributed by atoms with Crippen molar-refractivity contribution in [1.82, 2.24) is 4.72 Å². The first-order chi connectivity index (χ1) is 14.9. The number of fused-ring (bicyclic) bond motifs is 1.